The third kappa shape index (κ3) is 5.25. The average Bonchev–Trinajstić information content (AvgIpc) is 3.23. The zero-order valence-electron chi connectivity index (χ0n) is 16.9. The number of amides is 1. The molecule has 0 bridgehead atoms. The van der Waals surface area contributed by atoms with E-state index in [1.807, 2.05) is 0 Å². The minimum atomic E-state index is -0.466. The van der Waals surface area contributed by atoms with Crippen molar-refractivity contribution in [2.45, 2.75) is 13.0 Å². The lowest BCUT2D eigenvalue weighted by Gasteiger charge is -2.17. The quantitative estimate of drug-likeness (QED) is 0.531. The maximum absolute atomic E-state index is 13.6. The van der Waals surface area contributed by atoms with Gasteiger partial charge in [0.1, 0.15) is 11.5 Å². The Hall–Kier alpha value is -3.62. The fourth-order valence-corrected chi connectivity index (χ4v) is 2.67. The smallest absolute Gasteiger partial charge is 0.264 e. The van der Waals surface area contributed by atoms with E-state index in [9.17, 15) is 9.18 Å². The summed E-state index contributed by atoms with van der Waals surface area (Å²) in [4.78, 5) is 18.4. The van der Waals surface area contributed by atoms with Gasteiger partial charge in [-0.3, -0.25) is 4.79 Å². The first-order valence-corrected chi connectivity index (χ1v) is 9.17. The summed E-state index contributed by atoms with van der Waals surface area (Å²) in [7, 11) is 4.73. The Labute approximate surface area is 173 Å². The van der Waals surface area contributed by atoms with Crippen molar-refractivity contribution in [1.82, 2.24) is 15.0 Å². The molecular formula is C21H22FN3O5. The predicted molar refractivity (Wildman–Crippen MR) is 105 cm³/mol. The van der Waals surface area contributed by atoms with Crippen molar-refractivity contribution in [1.29, 1.82) is 0 Å². The number of carbonyl (C=O) groups excluding carboxylic acids is 1. The van der Waals surface area contributed by atoms with Crippen LogP contribution in [0.15, 0.2) is 47.0 Å². The van der Waals surface area contributed by atoms with Crippen LogP contribution in [0.4, 0.5) is 4.39 Å². The van der Waals surface area contributed by atoms with Gasteiger partial charge in [0, 0.05) is 31.6 Å². The SMILES string of the molecule is COc1cc(OC)cc(C(=O)N(C)CCc2noc(COc3ccccc3F)n2)c1. The standard InChI is InChI=1S/C21H22FN3O5/c1-25(21(26)14-10-15(27-2)12-16(11-14)28-3)9-8-19-23-20(30-24-19)13-29-18-7-5-4-6-17(18)22/h4-7,10-12H,8-9,13H2,1-3H3. The van der Waals surface area contributed by atoms with Crippen molar-refractivity contribution < 1.29 is 27.9 Å². The molecule has 1 amide bonds. The number of para-hydroxylation sites is 1. The summed E-state index contributed by atoms with van der Waals surface area (Å²) in [6, 6.07) is 11.1. The minimum absolute atomic E-state index is 0.0493. The Morgan fingerprint density at radius 1 is 1.13 bits per heavy atom. The number of rotatable bonds is 9. The number of hydrogen-bond donors (Lipinski definition) is 0. The van der Waals surface area contributed by atoms with E-state index < -0.39 is 5.82 Å². The summed E-state index contributed by atoms with van der Waals surface area (Å²) in [5.41, 5.74) is 0.445. The van der Waals surface area contributed by atoms with Crippen LogP contribution >= 0.6 is 0 Å². The highest BCUT2D eigenvalue weighted by Crippen LogP contribution is 2.23. The van der Waals surface area contributed by atoms with Crippen molar-refractivity contribution in [3.05, 3.63) is 65.6 Å². The molecule has 1 heterocycles. The van der Waals surface area contributed by atoms with Crippen molar-refractivity contribution in [2.75, 3.05) is 27.8 Å². The number of methoxy groups -OCH3 is 2. The van der Waals surface area contributed by atoms with Gasteiger partial charge in [0.05, 0.1) is 14.2 Å². The van der Waals surface area contributed by atoms with Gasteiger partial charge in [0.2, 0.25) is 0 Å². The first-order chi connectivity index (χ1) is 14.5. The first kappa shape index (κ1) is 21.1. The molecule has 3 aromatic rings. The number of halogens is 1. The van der Waals surface area contributed by atoms with Crippen LogP contribution in [0, 0.1) is 5.82 Å². The Bertz CT molecular complexity index is 986. The van der Waals surface area contributed by atoms with Crippen LogP contribution in [0.1, 0.15) is 22.1 Å². The highest BCUT2D eigenvalue weighted by Gasteiger charge is 2.16. The molecule has 2 aromatic carbocycles. The topological polar surface area (TPSA) is 86.9 Å². The van der Waals surface area contributed by atoms with E-state index >= 15 is 0 Å². The van der Waals surface area contributed by atoms with E-state index in [2.05, 4.69) is 10.1 Å². The van der Waals surface area contributed by atoms with Crippen LogP contribution in [-0.2, 0) is 13.0 Å². The predicted octanol–water partition coefficient (Wildman–Crippen LogP) is 3.12. The summed E-state index contributed by atoms with van der Waals surface area (Å²) >= 11 is 0. The number of hydrogen-bond acceptors (Lipinski definition) is 7. The minimum Gasteiger partial charge on any atom is -0.497 e. The Balaban J connectivity index is 1.55. The molecule has 0 unspecified atom stereocenters. The van der Waals surface area contributed by atoms with Gasteiger partial charge in [-0.25, -0.2) is 4.39 Å². The van der Waals surface area contributed by atoms with Crippen LogP contribution in [-0.4, -0.2) is 48.8 Å². The van der Waals surface area contributed by atoms with Crippen molar-refractivity contribution >= 4 is 5.91 Å². The molecule has 0 saturated carbocycles. The van der Waals surface area contributed by atoms with E-state index in [0.29, 0.717) is 35.9 Å². The Kier molecular flexibility index (Phi) is 6.84. The van der Waals surface area contributed by atoms with Gasteiger partial charge in [-0.2, -0.15) is 4.98 Å². The van der Waals surface area contributed by atoms with Crippen LogP contribution < -0.4 is 14.2 Å². The Morgan fingerprint density at radius 2 is 1.83 bits per heavy atom. The maximum atomic E-state index is 13.6. The molecule has 0 aliphatic carbocycles. The van der Waals surface area contributed by atoms with Gasteiger partial charge < -0.3 is 23.6 Å². The lowest BCUT2D eigenvalue weighted by molar-refractivity contribution is 0.0795. The number of nitrogens with zero attached hydrogens (tertiary/aromatic N) is 3. The van der Waals surface area contributed by atoms with E-state index in [1.54, 1.807) is 42.3 Å². The maximum Gasteiger partial charge on any atom is 0.264 e. The summed E-state index contributed by atoms with van der Waals surface area (Å²) in [6.07, 6.45) is 0.381. The highest BCUT2D eigenvalue weighted by molar-refractivity contribution is 5.95. The molecule has 158 valence electrons. The summed E-state index contributed by atoms with van der Waals surface area (Å²) in [5.74, 6) is 1.15. The van der Waals surface area contributed by atoms with Crippen LogP contribution in [0.3, 0.4) is 0 Å². The molecule has 3 rings (SSSR count). The second kappa shape index (κ2) is 9.73. The second-order valence-corrected chi connectivity index (χ2v) is 6.40. The number of benzene rings is 2. The summed E-state index contributed by atoms with van der Waals surface area (Å²) in [6.45, 7) is 0.317. The largest absolute Gasteiger partial charge is 0.497 e. The number of aromatic nitrogens is 2. The van der Waals surface area contributed by atoms with Gasteiger partial charge in [0.25, 0.3) is 11.8 Å². The molecular weight excluding hydrogens is 393 g/mol. The zero-order chi connectivity index (χ0) is 21.5. The summed E-state index contributed by atoms with van der Waals surface area (Å²) in [5, 5.41) is 3.87. The number of carbonyl (C=O) groups is 1. The van der Waals surface area contributed by atoms with Gasteiger partial charge in [0.15, 0.2) is 24.0 Å². The lowest BCUT2D eigenvalue weighted by Crippen LogP contribution is -2.29. The normalized spacial score (nSPS) is 10.5. The van der Waals surface area contributed by atoms with Crippen molar-refractivity contribution in [2.24, 2.45) is 0 Å². The van der Waals surface area contributed by atoms with Crippen molar-refractivity contribution in [3.63, 3.8) is 0 Å². The highest BCUT2D eigenvalue weighted by atomic mass is 19.1. The Morgan fingerprint density at radius 3 is 2.50 bits per heavy atom. The van der Waals surface area contributed by atoms with Gasteiger partial charge >= 0.3 is 0 Å². The zero-order valence-corrected chi connectivity index (χ0v) is 16.9. The molecule has 8 nitrogen and oxygen atoms in total. The number of likely N-dealkylation sites (N-methyl/N-ethyl adjacent to an activating group) is 1. The van der Waals surface area contributed by atoms with E-state index in [4.69, 9.17) is 18.7 Å². The molecule has 0 aliphatic rings. The molecule has 0 radical (unpaired) electrons. The first-order valence-electron chi connectivity index (χ1n) is 9.17. The fourth-order valence-electron chi connectivity index (χ4n) is 2.67. The lowest BCUT2D eigenvalue weighted by atomic mass is 10.1. The van der Waals surface area contributed by atoms with E-state index in [-0.39, 0.29) is 24.2 Å². The molecule has 1 aromatic heterocycles. The van der Waals surface area contributed by atoms with Gasteiger partial charge in [-0.05, 0) is 24.3 Å². The van der Waals surface area contributed by atoms with Crippen molar-refractivity contribution in [3.8, 4) is 17.2 Å². The van der Waals surface area contributed by atoms with Crippen LogP contribution in [0.25, 0.3) is 0 Å². The van der Waals surface area contributed by atoms with E-state index in [0.717, 1.165) is 0 Å². The summed E-state index contributed by atoms with van der Waals surface area (Å²) < 4.78 is 34.4. The molecule has 30 heavy (non-hydrogen) atoms. The molecule has 0 fully saturated rings. The molecule has 0 saturated heterocycles. The molecule has 0 aliphatic heterocycles. The van der Waals surface area contributed by atoms with Gasteiger partial charge in [-0.1, -0.05) is 17.3 Å². The third-order valence-electron chi connectivity index (χ3n) is 4.31. The molecule has 0 atom stereocenters. The fraction of sp³-hybridized carbons (Fsp3) is 0.286. The monoisotopic (exact) mass is 415 g/mol. The third-order valence-corrected chi connectivity index (χ3v) is 4.31. The van der Waals surface area contributed by atoms with E-state index in [1.165, 1.54) is 26.4 Å². The van der Waals surface area contributed by atoms with Crippen LogP contribution in [0.2, 0.25) is 0 Å². The number of ether oxygens (including phenoxy) is 3. The second-order valence-electron chi connectivity index (χ2n) is 6.40. The molecule has 9 heteroatoms. The van der Waals surface area contributed by atoms with Gasteiger partial charge in [-0.15, -0.1) is 0 Å². The molecule has 0 N–H and O–H groups in total. The average molecular weight is 415 g/mol. The molecule has 0 spiro atoms. The van der Waals surface area contributed by atoms with Crippen LogP contribution in [0.5, 0.6) is 17.2 Å².